The number of para-hydroxylation sites is 1. The first kappa shape index (κ1) is 23.6. The van der Waals surface area contributed by atoms with Gasteiger partial charge in [0.1, 0.15) is 5.58 Å². The molecular weight excluding hydrogens is 526 g/mol. The van der Waals surface area contributed by atoms with Crippen molar-refractivity contribution in [3.8, 4) is 17.1 Å². The Morgan fingerprint density at radius 1 is 0.625 bits per heavy atom. The van der Waals surface area contributed by atoms with E-state index in [4.69, 9.17) is 4.42 Å². The third kappa shape index (κ3) is 5.81. The summed E-state index contributed by atoms with van der Waals surface area (Å²) in [6.45, 7) is 0. The summed E-state index contributed by atoms with van der Waals surface area (Å²) >= 11 is -0.517. The molecule has 5 rings (SSSR count). The zero-order chi connectivity index (χ0) is 21.5. The Bertz CT molecular complexity index is 1280. The van der Waals surface area contributed by atoms with Crippen LogP contribution in [-0.4, -0.2) is 26.2 Å². The molecule has 0 aliphatic carbocycles. The van der Waals surface area contributed by atoms with Gasteiger partial charge in [0.25, 0.3) is 0 Å². The Labute approximate surface area is 203 Å². The first-order valence-corrected chi connectivity index (χ1v) is 12.7. The number of fused-ring (bicyclic) bond motifs is 1. The molecule has 3 nitrogen and oxygen atoms in total. The second kappa shape index (κ2) is 11.6. The van der Waals surface area contributed by atoms with Gasteiger partial charge in [0.2, 0.25) is 11.2 Å². The first-order valence-electron chi connectivity index (χ1n) is 9.90. The number of hydrogen-bond acceptors (Lipinski definition) is 3. The van der Waals surface area contributed by atoms with Gasteiger partial charge < -0.3 is 9.52 Å². The molecule has 0 spiro atoms. The minimum absolute atomic E-state index is 0. The number of hydrogen-bond donors (Lipinski definition) is 1. The summed E-state index contributed by atoms with van der Waals surface area (Å²) in [4.78, 5) is 12.0. The number of aromatic hydroxyl groups is 1. The zero-order valence-electron chi connectivity index (χ0n) is 17.1. The van der Waals surface area contributed by atoms with E-state index in [1.807, 2.05) is 18.2 Å². The summed E-state index contributed by atoms with van der Waals surface area (Å²) < 4.78 is 8.69. The fourth-order valence-electron chi connectivity index (χ4n) is 3.13. The van der Waals surface area contributed by atoms with Gasteiger partial charge in [-0.3, -0.25) is 4.79 Å². The molecule has 1 aromatic heterocycles. The van der Waals surface area contributed by atoms with Crippen LogP contribution in [0.25, 0.3) is 22.3 Å². The van der Waals surface area contributed by atoms with Crippen molar-refractivity contribution in [2.45, 2.75) is 0 Å². The van der Waals surface area contributed by atoms with Crippen molar-refractivity contribution in [3.05, 3.63) is 125 Å². The van der Waals surface area contributed by atoms with Gasteiger partial charge in [-0.2, -0.15) is 0 Å². The topological polar surface area (TPSA) is 50.4 Å². The van der Waals surface area contributed by atoms with Crippen LogP contribution in [0.5, 0.6) is 5.75 Å². The van der Waals surface area contributed by atoms with E-state index in [1.165, 1.54) is 7.16 Å². The van der Waals surface area contributed by atoms with Crippen LogP contribution in [0, 0.1) is 0 Å². The number of rotatable bonds is 3. The van der Waals surface area contributed by atoms with Gasteiger partial charge >= 0.3 is 89.0 Å². The molecule has 4 aromatic carbocycles. The predicted molar refractivity (Wildman–Crippen MR) is 135 cm³/mol. The maximum atomic E-state index is 12.0. The normalized spacial score (nSPS) is 10.0. The van der Waals surface area contributed by atoms with Crippen LogP contribution in [0.4, 0.5) is 0 Å². The van der Waals surface area contributed by atoms with Crippen molar-refractivity contribution in [3.63, 3.8) is 0 Å². The van der Waals surface area contributed by atoms with E-state index in [0.29, 0.717) is 16.5 Å². The van der Waals surface area contributed by atoms with E-state index in [2.05, 4.69) is 60.7 Å². The second-order valence-corrected chi connectivity index (χ2v) is 10.8. The van der Waals surface area contributed by atoms with Crippen LogP contribution in [-0.2, 0) is 0 Å². The van der Waals surface area contributed by atoms with Gasteiger partial charge in [-0.05, 0) is 12.1 Å². The molecule has 1 N–H and O–H groups in total. The first-order chi connectivity index (χ1) is 15.2. The Kier molecular flexibility index (Phi) is 8.54. The second-order valence-electron chi connectivity index (χ2n) is 6.83. The van der Waals surface area contributed by atoms with Crippen molar-refractivity contribution in [1.29, 1.82) is 0 Å². The fraction of sp³-hybridized carbons (Fsp3) is 0. The van der Waals surface area contributed by atoms with Gasteiger partial charge in [0, 0.05) is 5.56 Å². The number of halogens is 1. The van der Waals surface area contributed by atoms with Gasteiger partial charge in [-0.25, -0.2) is 0 Å². The Morgan fingerprint density at radius 2 is 1.09 bits per heavy atom. The zero-order valence-corrected chi connectivity index (χ0v) is 20.8. The molecule has 5 aromatic rings. The molecule has 0 fully saturated rings. The minimum atomic E-state index is -0.517. The van der Waals surface area contributed by atoms with Gasteiger partial charge in [0.05, 0.1) is 5.39 Å². The van der Waals surface area contributed by atoms with E-state index in [0.717, 1.165) is 0 Å². The van der Waals surface area contributed by atoms with Crippen LogP contribution in [0.1, 0.15) is 0 Å². The molecule has 0 aliphatic rings. The van der Waals surface area contributed by atoms with Crippen LogP contribution in [0.3, 0.4) is 0 Å². The summed E-state index contributed by atoms with van der Waals surface area (Å²) in [7, 11) is 0. The molecule has 0 bridgehead atoms. The van der Waals surface area contributed by atoms with Gasteiger partial charge in [0.15, 0.2) is 5.76 Å². The summed E-state index contributed by atoms with van der Waals surface area (Å²) in [6, 6.07) is 37.5. The maximum absolute atomic E-state index is 12.0. The monoisotopic (exact) mass is 548 g/mol. The van der Waals surface area contributed by atoms with Gasteiger partial charge in [-0.15, -0.1) is 12.4 Å². The fourth-order valence-corrected chi connectivity index (χ4v) is 6.13. The molecule has 0 saturated carbocycles. The van der Waals surface area contributed by atoms with Crippen molar-refractivity contribution >= 4 is 51.7 Å². The van der Waals surface area contributed by atoms with Gasteiger partial charge in [-0.1, -0.05) is 42.5 Å². The molecule has 0 saturated heterocycles. The average molecular weight is 548 g/mol. The SMILES string of the molecule is Cl.O=c1c(O)c(-c2ccccc2)oc2ccccc12.c1cc[c]([Sn][c]2ccccc2)cc1. The van der Waals surface area contributed by atoms with E-state index in [9.17, 15) is 9.90 Å². The quantitative estimate of drug-likeness (QED) is 0.326. The molecule has 0 unspecified atom stereocenters. The van der Waals surface area contributed by atoms with E-state index < -0.39 is 26.6 Å². The molecule has 0 aliphatic heterocycles. The predicted octanol–water partition coefficient (Wildman–Crippen LogP) is 4.93. The Morgan fingerprint density at radius 3 is 1.66 bits per heavy atom. The standard InChI is InChI=1S/C15H10O3.2C6H5.ClH.Sn/c16-13-11-8-4-5-9-12(11)18-15(14(13)17)10-6-2-1-3-7-10;2*1-2-4-6-5-3-1;;/h1-9,17H;2*1-5H;1H;. The third-order valence-corrected chi connectivity index (χ3v) is 8.20. The van der Waals surface area contributed by atoms with E-state index in [-0.39, 0.29) is 23.9 Å². The van der Waals surface area contributed by atoms with Crippen LogP contribution >= 0.6 is 12.4 Å². The Hall–Kier alpha value is -3.02. The molecule has 5 heteroatoms. The number of benzene rings is 4. The van der Waals surface area contributed by atoms with Crippen molar-refractivity contribution in [2.75, 3.05) is 0 Å². The Balaban J connectivity index is 0.000000184. The molecule has 158 valence electrons. The van der Waals surface area contributed by atoms with Crippen molar-refractivity contribution in [2.24, 2.45) is 0 Å². The molecule has 32 heavy (non-hydrogen) atoms. The molecule has 1 heterocycles. The third-order valence-electron chi connectivity index (χ3n) is 4.65. The van der Waals surface area contributed by atoms with Crippen LogP contribution < -0.4 is 12.6 Å². The van der Waals surface area contributed by atoms with E-state index in [1.54, 1.807) is 36.4 Å². The molecule has 2 radical (unpaired) electrons. The van der Waals surface area contributed by atoms with Crippen LogP contribution in [0.2, 0.25) is 0 Å². The van der Waals surface area contributed by atoms with Crippen molar-refractivity contribution < 1.29 is 9.52 Å². The molecular formula is C27H21ClO3Sn. The van der Waals surface area contributed by atoms with E-state index >= 15 is 0 Å². The summed E-state index contributed by atoms with van der Waals surface area (Å²) in [5.41, 5.74) is 0.743. The average Bonchev–Trinajstić information content (AvgIpc) is 2.84. The summed E-state index contributed by atoms with van der Waals surface area (Å²) in [6.07, 6.45) is 0. The van der Waals surface area contributed by atoms with Crippen LogP contribution in [0.15, 0.2) is 124 Å². The summed E-state index contributed by atoms with van der Waals surface area (Å²) in [5.74, 6) is -0.140. The molecule has 0 amide bonds. The molecule has 0 atom stereocenters. The van der Waals surface area contributed by atoms with Crippen molar-refractivity contribution in [1.82, 2.24) is 0 Å². The summed E-state index contributed by atoms with van der Waals surface area (Å²) in [5, 5.41) is 10.3.